The molecule has 0 aromatic heterocycles. The molecule has 5 nitrogen and oxygen atoms in total. The summed E-state index contributed by atoms with van der Waals surface area (Å²) in [6, 6.07) is 0. The van der Waals surface area contributed by atoms with Crippen molar-refractivity contribution in [2.75, 3.05) is 26.7 Å². The Morgan fingerprint density at radius 3 is 2.43 bits per heavy atom. The largest absolute Gasteiger partial charge is 0.359 e. The van der Waals surface area contributed by atoms with Crippen LogP contribution in [0.25, 0.3) is 0 Å². The monoisotopic (exact) mass is 295 g/mol. The Hall–Kier alpha value is -1.10. The van der Waals surface area contributed by atoms with Crippen LogP contribution in [0.1, 0.15) is 51.4 Å². The molecule has 1 aliphatic heterocycles. The molecule has 1 heterocycles. The van der Waals surface area contributed by atoms with E-state index in [1.165, 1.54) is 12.8 Å². The molecular formula is C16H29N3O2. The van der Waals surface area contributed by atoms with Crippen molar-refractivity contribution in [3.63, 3.8) is 0 Å². The maximum absolute atomic E-state index is 13.0. The maximum atomic E-state index is 13.0. The number of nitrogens with two attached hydrogens (primary N) is 1. The molecule has 0 spiro atoms. The third kappa shape index (κ3) is 3.57. The van der Waals surface area contributed by atoms with Crippen molar-refractivity contribution in [3.8, 4) is 0 Å². The van der Waals surface area contributed by atoms with E-state index in [4.69, 9.17) is 5.73 Å². The minimum absolute atomic E-state index is 0.0511. The third-order valence-electron chi connectivity index (χ3n) is 5.23. The maximum Gasteiger partial charge on any atom is 0.230 e. The molecular weight excluding hydrogens is 266 g/mol. The summed E-state index contributed by atoms with van der Waals surface area (Å²) < 4.78 is 0. The van der Waals surface area contributed by atoms with Gasteiger partial charge in [0.2, 0.25) is 11.8 Å². The van der Waals surface area contributed by atoms with Crippen molar-refractivity contribution in [1.82, 2.24) is 10.2 Å². The van der Waals surface area contributed by atoms with Gasteiger partial charge in [-0.1, -0.05) is 25.7 Å². The molecule has 21 heavy (non-hydrogen) atoms. The van der Waals surface area contributed by atoms with Crippen molar-refractivity contribution in [2.24, 2.45) is 17.1 Å². The fraction of sp³-hybridized carbons (Fsp3) is 0.875. The Labute approximate surface area is 127 Å². The molecule has 1 atom stereocenters. The summed E-state index contributed by atoms with van der Waals surface area (Å²) in [5, 5.41) is 2.71. The molecule has 2 aliphatic rings. The zero-order chi connectivity index (χ0) is 15.3. The Morgan fingerprint density at radius 2 is 1.86 bits per heavy atom. The average Bonchev–Trinajstić information content (AvgIpc) is 2.80. The Kier molecular flexibility index (Phi) is 5.62. The van der Waals surface area contributed by atoms with Gasteiger partial charge in [0.1, 0.15) is 0 Å². The van der Waals surface area contributed by atoms with E-state index in [1.54, 1.807) is 7.05 Å². The standard InChI is InChI=1S/C16H29N3O2/c1-18-14(20)13-7-6-10-19(11-13)15(21)16(12-17)8-4-2-3-5-9-16/h13H,2-12,17H2,1H3,(H,18,20). The molecule has 2 rings (SSSR count). The number of nitrogens with one attached hydrogen (secondary N) is 1. The van der Waals surface area contributed by atoms with Crippen molar-refractivity contribution in [1.29, 1.82) is 0 Å². The average molecular weight is 295 g/mol. The van der Waals surface area contributed by atoms with Gasteiger partial charge in [-0.3, -0.25) is 9.59 Å². The molecule has 0 aromatic carbocycles. The van der Waals surface area contributed by atoms with Crippen molar-refractivity contribution in [3.05, 3.63) is 0 Å². The second-order valence-corrected chi connectivity index (χ2v) is 6.60. The summed E-state index contributed by atoms with van der Waals surface area (Å²) in [6.45, 7) is 1.77. The molecule has 3 N–H and O–H groups in total. The zero-order valence-corrected chi connectivity index (χ0v) is 13.2. The molecule has 2 fully saturated rings. The highest BCUT2D eigenvalue weighted by Crippen LogP contribution is 2.37. The molecule has 1 saturated heterocycles. The Morgan fingerprint density at radius 1 is 1.19 bits per heavy atom. The van der Waals surface area contributed by atoms with Crippen LogP contribution in [0.5, 0.6) is 0 Å². The van der Waals surface area contributed by atoms with Crippen LogP contribution in [0.3, 0.4) is 0 Å². The topological polar surface area (TPSA) is 75.4 Å². The molecule has 0 bridgehead atoms. The van der Waals surface area contributed by atoms with Gasteiger partial charge in [-0.25, -0.2) is 0 Å². The highest BCUT2D eigenvalue weighted by molar-refractivity contribution is 5.85. The molecule has 0 aromatic rings. The molecule has 1 aliphatic carbocycles. The lowest BCUT2D eigenvalue weighted by Gasteiger charge is -2.39. The molecule has 0 radical (unpaired) electrons. The predicted octanol–water partition coefficient (Wildman–Crippen LogP) is 1.27. The smallest absolute Gasteiger partial charge is 0.230 e. The van der Waals surface area contributed by atoms with Gasteiger partial charge in [0, 0.05) is 26.7 Å². The second kappa shape index (κ2) is 7.25. The summed E-state index contributed by atoms with van der Waals surface area (Å²) >= 11 is 0. The first-order valence-corrected chi connectivity index (χ1v) is 8.34. The van der Waals surface area contributed by atoms with Crippen LogP contribution in [-0.4, -0.2) is 43.4 Å². The van der Waals surface area contributed by atoms with Gasteiger partial charge < -0.3 is 16.0 Å². The number of rotatable bonds is 3. The van der Waals surface area contributed by atoms with Gasteiger partial charge in [0.05, 0.1) is 11.3 Å². The second-order valence-electron chi connectivity index (χ2n) is 6.60. The summed E-state index contributed by atoms with van der Waals surface area (Å²) in [6.07, 6.45) is 8.19. The minimum atomic E-state index is -0.374. The van der Waals surface area contributed by atoms with Crippen molar-refractivity contribution < 1.29 is 9.59 Å². The number of carbonyl (C=O) groups excluding carboxylic acids is 2. The van der Waals surface area contributed by atoms with E-state index in [2.05, 4.69) is 5.32 Å². The normalized spacial score (nSPS) is 26.0. The van der Waals surface area contributed by atoms with Gasteiger partial charge in [0.25, 0.3) is 0 Å². The van der Waals surface area contributed by atoms with E-state index in [0.29, 0.717) is 13.1 Å². The minimum Gasteiger partial charge on any atom is -0.359 e. The number of hydrogen-bond acceptors (Lipinski definition) is 3. The summed E-state index contributed by atoms with van der Waals surface area (Å²) in [7, 11) is 1.66. The number of carbonyl (C=O) groups is 2. The van der Waals surface area contributed by atoms with Gasteiger partial charge in [-0.15, -0.1) is 0 Å². The third-order valence-corrected chi connectivity index (χ3v) is 5.23. The zero-order valence-electron chi connectivity index (χ0n) is 13.2. The number of nitrogens with zero attached hydrogens (tertiary/aromatic N) is 1. The van der Waals surface area contributed by atoms with Crippen molar-refractivity contribution >= 4 is 11.8 Å². The Balaban J connectivity index is 2.07. The SMILES string of the molecule is CNC(=O)C1CCCN(C(=O)C2(CN)CCCCCC2)C1. The van der Waals surface area contributed by atoms with E-state index in [1.807, 2.05) is 4.90 Å². The van der Waals surface area contributed by atoms with Crippen LogP contribution in [0, 0.1) is 11.3 Å². The van der Waals surface area contributed by atoms with E-state index in [-0.39, 0.29) is 23.1 Å². The summed E-state index contributed by atoms with van der Waals surface area (Å²) in [5.41, 5.74) is 5.64. The summed E-state index contributed by atoms with van der Waals surface area (Å²) in [5.74, 6) is 0.184. The van der Waals surface area contributed by atoms with Gasteiger partial charge in [-0.2, -0.15) is 0 Å². The molecule has 1 saturated carbocycles. The number of piperidine rings is 1. The lowest BCUT2D eigenvalue weighted by molar-refractivity contribution is -0.145. The quantitative estimate of drug-likeness (QED) is 0.770. The van der Waals surface area contributed by atoms with E-state index >= 15 is 0 Å². The number of amides is 2. The van der Waals surface area contributed by atoms with Crippen LogP contribution in [0.2, 0.25) is 0 Å². The predicted molar refractivity (Wildman–Crippen MR) is 82.6 cm³/mol. The Bertz CT molecular complexity index is 376. The van der Waals surface area contributed by atoms with Crippen LogP contribution < -0.4 is 11.1 Å². The summed E-state index contributed by atoms with van der Waals surface area (Å²) in [4.78, 5) is 26.8. The number of hydrogen-bond donors (Lipinski definition) is 2. The molecule has 120 valence electrons. The molecule has 2 amide bonds. The van der Waals surface area contributed by atoms with Crippen LogP contribution >= 0.6 is 0 Å². The lowest BCUT2D eigenvalue weighted by Crippen LogP contribution is -2.52. The molecule has 5 heteroatoms. The first kappa shape index (κ1) is 16.3. The van der Waals surface area contributed by atoms with Crippen LogP contribution in [0.4, 0.5) is 0 Å². The van der Waals surface area contributed by atoms with E-state index in [9.17, 15) is 9.59 Å². The van der Waals surface area contributed by atoms with Gasteiger partial charge in [-0.05, 0) is 25.7 Å². The fourth-order valence-corrected chi connectivity index (χ4v) is 3.83. The first-order chi connectivity index (χ1) is 10.1. The van der Waals surface area contributed by atoms with Crippen LogP contribution in [0.15, 0.2) is 0 Å². The van der Waals surface area contributed by atoms with Crippen molar-refractivity contribution in [2.45, 2.75) is 51.4 Å². The number of likely N-dealkylation sites (tertiary alicyclic amines) is 1. The van der Waals surface area contributed by atoms with Gasteiger partial charge in [0.15, 0.2) is 0 Å². The van der Waals surface area contributed by atoms with Gasteiger partial charge >= 0.3 is 0 Å². The highest BCUT2D eigenvalue weighted by atomic mass is 16.2. The van der Waals surface area contributed by atoms with E-state index in [0.717, 1.165) is 45.1 Å². The van der Waals surface area contributed by atoms with Crippen LogP contribution in [-0.2, 0) is 9.59 Å². The fourth-order valence-electron chi connectivity index (χ4n) is 3.83. The first-order valence-electron chi connectivity index (χ1n) is 8.34. The highest BCUT2D eigenvalue weighted by Gasteiger charge is 2.41. The van der Waals surface area contributed by atoms with E-state index < -0.39 is 0 Å². The molecule has 1 unspecified atom stereocenters. The lowest BCUT2D eigenvalue weighted by atomic mass is 9.78.